The lowest BCUT2D eigenvalue weighted by Gasteiger charge is -2.22. The SMILES string of the molecule is CC(C)c1cc2ccc3cc(C(C)C)c(C(C)C)c4ccc(c1)c2c34. The Kier molecular flexibility index (Phi) is 3.76. The third-order valence-electron chi connectivity index (χ3n) is 5.68. The molecule has 25 heavy (non-hydrogen) atoms. The van der Waals surface area contributed by atoms with Gasteiger partial charge < -0.3 is 0 Å². The molecule has 0 atom stereocenters. The third-order valence-corrected chi connectivity index (χ3v) is 5.68. The highest BCUT2D eigenvalue weighted by molar-refractivity contribution is 6.24. The predicted molar refractivity (Wildman–Crippen MR) is 112 cm³/mol. The fourth-order valence-electron chi connectivity index (χ4n) is 4.42. The first-order valence-corrected chi connectivity index (χ1v) is 9.63. The summed E-state index contributed by atoms with van der Waals surface area (Å²) in [6.07, 6.45) is 0. The second kappa shape index (κ2) is 5.73. The standard InChI is InChI=1S/C25H28/c1-14(2)20-11-17-7-8-19-13-22(15(3)4)23(16(5)6)21-10-9-18(12-20)24(17)25(19)21/h7-16H,1-6H3. The average molecular weight is 328 g/mol. The van der Waals surface area contributed by atoms with E-state index in [1.54, 1.807) is 0 Å². The van der Waals surface area contributed by atoms with Crippen molar-refractivity contribution in [1.82, 2.24) is 0 Å². The Morgan fingerprint density at radius 2 is 1.12 bits per heavy atom. The van der Waals surface area contributed by atoms with Gasteiger partial charge in [-0.2, -0.15) is 0 Å². The van der Waals surface area contributed by atoms with Crippen molar-refractivity contribution >= 4 is 32.3 Å². The van der Waals surface area contributed by atoms with Crippen LogP contribution in [0.25, 0.3) is 32.3 Å². The number of rotatable bonds is 3. The Balaban J connectivity index is 2.21. The van der Waals surface area contributed by atoms with Crippen molar-refractivity contribution in [2.75, 3.05) is 0 Å². The number of hydrogen-bond donors (Lipinski definition) is 0. The fraction of sp³-hybridized carbons (Fsp3) is 0.360. The second-order valence-corrected chi connectivity index (χ2v) is 8.46. The number of benzene rings is 4. The zero-order valence-electron chi connectivity index (χ0n) is 16.3. The highest BCUT2D eigenvalue weighted by Crippen LogP contribution is 2.42. The molecule has 0 bridgehead atoms. The Hall–Kier alpha value is -2.08. The summed E-state index contributed by atoms with van der Waals surface area (Å²) in [5.41, 5.74) is 4.46. The van der Waals surface area contributed by atoms with Crippen molar-refractivity contribution in [3.8, 4) is 0 Å². The molecule has 128 valence electrons. The maximum Gasteiger partial charge on any atom is -0.00237 e. The first-order chi connectivity index (χ1) is 11.9. The predicted octanol–water partition coefficient (Wildman–Crippen LogP) is 7.95. The van der Waals surface area contributed by atoms with E-state index < -0.39 is 0 Å². The van der Waals surface area contributed by atoms with Gasteiger partial charge in [0.2, 0.25) is 0 Å². The fourth-order valence-corrected chi connectivity index (χ4v) is 4.42. The highest BCUT2D eigenvalue weighted by Gasteiger charge is 2.18. The van der Waals surface area contributed by atoms with Crippen LogP contribution in [0.5, 0.6) is 0 Å². The van der Waals surface area contributed by atoms with Gasteiger partial charge in [-0.3, -0.25) is 0 Å². The monoisotopic (exact) mass is 328 g/mol. The lowest BCUT2D eigenvalue weighted by molar-refractivity contribution is 0.799. The van der Waals surface area contributed by atoms with Crippen molar-refractivity contribution in [3.63, 3.8) is 0 Å². The molecule has 0 aliphatic rings. The summed E-state index contributed by atoms with van der Waals surface area (Å²) in [5.74, 6) is 1.64. The Bertz CT molecular complexity index is 1050. The maximum absolute atomic E-state index is 2.44. The largest absolute Gasteiger partial charge is 0.0587 e. The summed E-state index contributed by atoms with van der Waals surface area (Å²) in [6.45, 7) is 13.8. The van der Waals surface area contributed by atoms with Gasteiger partial charge in [-0.25, -0.2) is 0 Å². The lowest BCUT2D eigenvalue weighted by Crippen LogP contribution is -2.01. The molecule has 0 aliphatic carbocycles. The molecule has 0 fully saturated rings. The molecule has 0 spiro atoms. The molecule has 0 heterocycles. The van der Waals surface area contributed by atoms with E-state index >= 15 is 0 Å². The molecule has 0 saturated heterocycles. The summed E-state index contributed by atoms with van der Waals surface area (Å²) >= 11 is 0. The Labute approximate surface area is 151 Å². The molecular weight excluding hydrogens is 300 g/mol. The van der Waals surface area contributed by atoms with Crippen LogP contribution < -0.4 is 0 Å². The maximum atomic E-state index is 2.44. The quantitative estimate of drug-likeness (QED) is 0.335. The van der Waals surface area contributed by atoms with Gasteiger partial charge in [-0.1, -0.05) is 84.0 Å². The van der Waals surface area contributed by atoms with Gasteiger partial charge in [0, 0.05) is 0 Å². The first kappa shape index (κ1) is 16.4. The zero-order chi connectivity index (χ0) is 17.9. The molecule has 0 aromatic heterocycles. The third kappa shape index (κ3) is 2.42. The Morgan fingerprint density at radius 1 is 0.560 bits per heavy atom. The van der Waals surface area contributed by atoms with Crippen LogP contribution in [0.3, 0.4) is 0 Å². The van der Waals surface area contributed by atoms with E-state index in [1.165, 1.54) is 49.0 Å². The minimum absolute atomic E-state index is 0.535. The zero-order valence-corrected chi connectivity index (χ0v) is 16.3. The van der Waals surface area contributed by atoms with Crippen molar-refractivity contribution in [2.24, 2.45) is 0 Å². The van der Waals surface area contributed by atoms with Crippen molar-refractivity contribution in [2.45, 2.75) is 59.3 Å². The van der Waals surface area contributed by atoms with Gasteiger partial charge in [0.1, 0.15) is 0 Å². The van der Waals surface area contributed by atoms with Gasteiger partial charge >= 0.3 is 0 Å². The minimum atomic E-state index is 0.535. The molecular formula is C25H28. The summed E-state index contributed by atoms with van der Waals surface area (Å²) in [7, 11) is 0. The van der Waals surface area contributed by atoms with E-state index in [0.717, 1.165) is 0 Å². The van der Waals surface area contributed by atoms with E-state index in [-0.39, 0.29) is 0 Å². The van der Waals surface area contributed by atoms with Crippen LogP contribution in [-0.2, 0) is 0 Å². The van der Waals surface area contributed by atoms with Gasteiger partial charge in [0.15, 0.2) is 0 Å². The molecule has 0 heteroatoms. The number of hydrogen-bond acceptors (Lipinski definition) is 0. The molecule has 0 N–H and O–H groups in total. The van der Waals surface area contributed by atoms with Crippen LogP contribution in [0.1, 0.15) is 76.0 Å². The summed E-state index contributed by atoms with van der Waals surface area (Å²) in [4.78, 5) is 0. The van der Waals surface area contributed by atoms with Crippen LogP contribution in [0.4, 0.5) is 0 Å². The van der Waals surface area contributed by atoms with Gasteiger partial charge in [-0.05, 0) is 66.8 Å². The van der Waals surface area contributed by atoms with Crippen LogP contribution in [0, 0.1) is 0 Å². The van der Waals surface area contributed by atoms with Gasteiger partial charge in [-0.15, -0.1) is 0 Å². The van der Waals surface area contributed by atoms with E-state index in [1.807, 2.05) is 0 Å². The van der Waals surface area contributed by atoms with Crippen molar-refractivity contribution in [3.05, 3.63) is 59.2 Å². The molecule has 0 aliphatic heterocycles. The first-order valence-electron chi connectivity index (χ1n) is 9.63. The molecule has 0 saturated carbocycles. The molecule has 4 rings (SSSR count). The van der Waals surface area contributed by atoms with Gasteiger partial charge in [0.25, 0.3) is 0 Å². The van der Waals surface area contributed by atoms with E-state index in [0.29, 0.717) is 17.8 Å². The van der Waals surface area contributed by atoms with Gasteiger partial charge in [0.05, 0.1) is 0 Å². The van der Waals surface area contributed by atoms with Crippen LogP contribution in [0.2, 0.25) is 0 Å². The van der Waals surface area contributed by atoms with E-state index in [4.69, 9.17) is 0 Å². The van der Waals surface area contributed by atoms with E-state index in [2.05, 4.69) is 84.0 Å². The van der Waals surface area contributed by atoms with Crippen LogP contribution in [-0.4, -0.2) is 0 Å². The molecule has 0 radical (unpaired) electrons. The normalized spacial score (nSPS) is 12.7. The minimum Gasteiger partial charge on any atom is -0.0587 e. The molecule has 4 aromatic carbocycles. The van der Waals surface area contributed by atoms with Crippen molar-refractivity contribution in [1.29, 1.82) is 0 Å². The van der Waals surface area contributed by atoms with E-state index in [9.17, 15) is 0 Å². The van der Waals surface area contributed by atoms with Crippen molar-refractivity contribution < 1.29 is 0 Å². The lowest BCUT2D eigenvalue weighted by atomic mass is 9.82. The molecule has 0 unspecified atom stereocenters. The topological polar surface area (TPSA) is 0 Å². The highest BCUT2D eigenvalue weighted by atomic mass is 14.2. The second-order valence-electron chi connectivity index (χ2n) is 8.46. The van der Waals surface area contributed by atoms with Crippen LogP contribution >= 0.6 is 0 Å². The summed E-state index contributed by atoms with van der Waals surface area (Å²) in [6, 6.07) is 16.6. The smallest absolute Gasteiger partial charge is 0.00237 e. The molecule has 0 amide bonds. The average Bonchev–Trinajstić information content (AvgIpc) is 2.57. The summed E-state index contributed by atoms with van der Waals surface area (Å²) in [5, 5.41) is 8.50. The summed E-state index contributed by atoms with van der Waals surface area (Å²) < 4.78 is 0. The molecule has 0 nitrogen and oxygen atoms in total. The molecule has 4 aromatic rings. The Morgan fingerprint density at radius 3 is 1.64 bits per heavy atom. The van der Waals surface area contributed by atoms with Crippen LogP contribution in [0.15, 0.2) is 42.5 Å².